The maximum absolute atomic E-state index is 12.0. The monoisotopic (exact) mass is 310 g/mol. The fourth-order valence-corrected chi connectivity index (χ4v) is 2.11. The predicted molar refractivity (Wildman–Crippen MR) is 92.5 cm³/mol. The minimum absolute atomic E-state index is 0.0379. The molecule has 2 rings (SSSR count). The maximum atomic E-state index is 12.0. The van der Waals surface area contributed by atoms with Gasteiger partial charge in [-0.15, -0.1) is 0 Å². The quantitative estimate of drug-likeness (QED) is 0.406. The van der Waals surface area contributed by atoms with E-state index in [1.807, 2.05) is 43.3 Å². The summed E-state index contributed by atoms with van der Waals surface area (Å²) in [7, 11) is 0. The summed E-state index contributed by atoms with van der Waals surface area (Å²) in [6.07, 6.45) is 0. The van der Waals surface area contributed by atoms with E-state index in [1.165, 1.54) is 0 Å². The number of hydrogen-bond donors (Lipinski definition) is 1. The first-order valence-electron chi connectivity index (χ1n) is 7.50. The Kier molecular flexibility index (Phi) is 4.84. The summed E-state index contributed by atoms with van der Waals surface area (Å²) >= 11 is 0. The number of oxime groups is 1. The van der Waals surface area contributed by atoms with E-state index in [0.717, 1.165) is 16.7 Å². The van der Waals surface area contributed by atoms with Gasteiger partial charge in [-0.05, 0) is 36.1 Å². The maximum Gasteiger partial charge on any atom is 0.365 e. The lowest BCUT2D eigenvalue weighted by Gasteiger charge is -2.18. The molecule has 0 atom stereocenters. The lowest BCUT2D eigenvalue weighted by Crippen LogP contribution is -2.15. The van der Waals surface area contributed by atoms with Crippen molar-refractivity contribution in [2.45, 2.75) is 33.1 Å². The smallest absolute Gasteiger partial charge is 0.365 e. The Hall–Kier alpha value is -2.62. The van der Waals surface area contributed by atoms with Crippen molar-refractivity contribution in [3.05, 3.63) is 70.8 Å². The highest BCUT2D eigenvalue weighted by Gasteiger charge is 2.15. The van der Waals surface area contributed by atoms with E-state index in [9.17, 15) is 4.79 Å². The first-order chi connectivity index (χ1) is 10.8. The van der Waals surface area contributed by atoms with Crippen molar-refractivity contribution in [2.24, 2.45) is 10.9 Å². The summed E-state index contributed by atoms with van der Waals surface area (Å²) in [6.45, 7) is 8.31. The van der Waals surface area contributed by atoms with Gasteiger partial charge in [0.15, 0.2) is 5.84 Å². The molecular weight excluding hydrogens is 288 g/mol. The molecule has 23 heavy (non-hydrogen) atoms. The fraction of sp³-hybridized carbons (Fsp3) is 0.263. The van der Waals surface area contributed by atoms with Crippen molar-refractivity contribution in [3.63, 3.8) is 0 Å². The van der Waals surface area contributed by atoms with E-state index in [2.05, 4.69) is 25.9 Å². The van der Waals surface area contributed by atoms with E-state index in [1.54, 1.807) is 12.1 Å². The van der Waals surface area contributed by atoms with Gasteiger partial charge in [0.25, 0.3) is 0 Å². The normalized spacial score (nSPS) is 12.1. The second-order valence-corrected chi connectivity index (χ2v) is 6.55. The van der Waals surface area contributed by atoms with Crippen molar-refractivity contribution in [3.8, 4) is 0 Å². The van der Waals surface area contributed by atoms with Gasteiger partial charge in [-0.3, -0.25) is 0 Å². The molecule has 2 aromatic carbocycles. The number of aryl methyl sites for hydroxylation is 1. The zero-order chi connectivity index (χ0) is 17.0. The second-order valence-electron chi connectivity index (χ2n) is 6.55. The number of carbonyl (C=O) groups excluding carboxylic acids is 1. The van der Waals surface area contributed by atoms with Gasteiger partial charge in [0.2, 0.25) is 0 Å². The summed E-state index contributed by atoms with van der Waals surface area (Å²) in [6, 6.07) is 14.8. The van der Waals surface area contributed by atoms with Crippen LogP contribution in [0.4, 0.5) is 0 Å². The minimum atomic E-state index is -0.527. The largest absolute Gasteiger partial charge is 0.380 e. The van der Waals surface area contributed by atoms with Crippen LogP contribution in [0, 0.1) is 6.92 Å². The van der Waals surface area contributed by atoms with E-state index in [-0.39, 0.29) is 11.3 Å². The van der Waals surface area contributed by atoms with Gasteiger partial charge in [-0.25, -0.2) is 4.79 Å². The molecule has 0 radical (unpaired) electrons. The number of hydrogen-bond acceptors (Lipinski definition) is 3. The molecule has 0 aliphatic heterocycles. The fourth-order valence-electron chi connectivity index (χ4n) is 2.11. The molecule has 0 fully saturated rings. The van der Waals surface area contributed by atoms with E-state index in [0.29, 0.717) is 5.56 Å². The third-order valence-corrected chi connectivity index (χ3v) is 3.53. The molecule has 0 spiro atoms. The first kappa shape index (κ1) is 16.7. The van der Waals surface area contributed by atoms with Crippen LogP contribution in [0.2, 0.25) is 0 Å². The van der Waals surface area contributed by atoms with E-state index < -0.39 is 5.97 Å². The Morgan fingerprint density at radius 1 is 1.04 bits per heavy atom. The van der Waals surface area contributed by atoms with Crippen molar-refractivity contribution in [1.82, 2.24) is 0 Å². The molecule has 0 saturated heterocycles. The summed E-state index contributed by atoms with van der Waals surface area (Å²) in [4.78, 5) is 17.0. The topological polar surface area (TPSA) is 64.7 Å². The Morgan fingerprint density at radius 3 is 2.26 bits per heavy atom. The highest BCUT2D eigenvalue weighted by Crippen LogP contribution is 2.22. The van der Waals surface area contributed by atoms with Crippen molar-refractivity contribution in [1.29, 1.82) is 0 Å². The third kappa shape index (κ3) is 4.42. The molecule has 0 saturated carbocycles. The van der Waals surface area contributed by atoms with Gasteiger partial charge in [0.05, 0.1) is 5.56 Å². The number of amidine groups is 1. The van der Waals surface area contributed by atoms with Gasteiger partial charge in [-0.1, -0.05) is 61.8 Å². The lowest BCUT2D eigenvalue weighted by atomic mass is 9.87. The van der Waals surface area contributed by atoms with Crippen molar-refractivity contribution < 1.29 is 9.63 Å². The summed E-state index contributed by atoms with van der Waals surface area (Å²) in [5.41, 5.74) is 9.26. The Labute approximate surface area is 137 Å². The number of benzene rings is 2. The van der Waals surface area contributed by atoms with Gasteiger partial charge in [0.1, 0.15) is 0 Å². The molecule has 0 heterocycles. The molecule has 0 aliphatic rings. The van der Waals surface area contributed by atoms with Crippen LogP contribution in [-0.4, -0.2) is 11.8 Å². The van der Waals surface area contributed by atoms with Crippen LogP contribution in [-0.2, 0) is 10.3 Å². The van der Waals surface area contributed by atoms with Crippen molar-refractivity contribution >= 4 is 11.8 Å². The Balaban J connectivity index is 2.08. The average molecular weight is 310 g/mol. The van der Waals surface area contributed by atoms with E-state index in [4.69, 9.17) is 10.6 Å². The zero-order valence-corrected chi connectivity index (χ0v) is 14.0. The standard InChI is InChI=1S/C19H22N2O2/c1-13-6-5-7-15(12-13)17(20)21-23-18(22)14-8-10-16(11-9-14)19(2,3)4/h5-12H,1-4H3,(H2,20,21). The van der Waals surface area contributed by atoms with E-state index >= 15 is 0 Å². The summed E-state index contributed by atoms with van der Waals surface area (Å²) < 4.78 is 0. The molecule has 0 bridgehead atoms. The Morgan fingerprint density at radius 2 is 1.70 bits per heavy atom. The number of nitrogens with zero attached hydrogens (tertiary/aromatic N) is 1. The minimum Gasteiger partial charge on any atom is -0.380 e. The van der Waals surface area contributed by atoms with Gasteiger partial charge in [0, 0.05) is 5.56 Å². The summed E-state index contributed by atoms with van der Waals surface area (Å²) in [5, 5.41) is 3.73. The van der Waals surface area contributed by atoms with Crippen LogP contribution in [0.25, 0.3) is 0 Å². The van der Waals surface area contributed by atoms with Gasteiger partial charge >= 0.3 is 5.97 Å². The summed E-state index contributed by atoms with van der Waals surface area (Å²) in [5.74, 6) is -0.352. The molecule has 4 nitrogen and oxygen atoms in total. The molecule has 0 unspecified atom stereocenters. The highest BCUT2D eigenvalue weighted by molar-refractivity contribution is 5.98. The first-order valence-corrected chi connectivity index (χ1v) is 7.50. The van der Waals surface area contributed by atoms with Gasteiger partial charge in [-0.2, -0.15) is 0 Å². The SMILES string of the molecule is Cc1cccc(/C(N)=N\OC(=O)c2ccc(C(C)(C)C)cc2)c1. The molecule has 120 valence electrons. The molecule has 0 aliphatic carbocycles. The molecule has 2 aromatic rings. The molecule has 2 N–H and O–H groups in total. The van der Waals surface area contributed by atoms with Crippen LogP contribution >= 0.6 is 0 Å². The van der Waals surface area contributed by atoms with Crippen molar-refractivity contribution in [2.75, 3.05) is 0 Å². The van der Waals surface area contributed by atoms with Crippen LogP contribution in [0.1, 0.15) is 47.8 Å². The third-order valence-electron chi connectivity index (χ3n) is 3.53. The highest BCUT2D eigenvalue weighted by atomic mass is 16.7. The molecule has 4 heteroatoms. The van der Waals surface area contributed by atoms with Crippen LogP contribution < -0.4 is 5.73 Å². The van der Waals surface area contributed by atoms with Gasteiger partial charge < -0.3 is 10.6 Å². The van der Waals surface area contributed by atoms with Crippen LogP contribution in [0.5, 0.6) is 0 Å². The molecule has 0 aromatic heterocycles. The predicted octanol–water partition coefficient (Wildman–Crippen LogP) is 3.77. The number of nitrogens with two attached hydrogens (primary N) is 1. The zero-order valence-electron chi connectivity index (χ0n) is 14.0. The lowest BCUT2D eigenvalue weighted by molar-refractivity contribution is 0.0516. The molecular formula is C19H22N2O2. The van der Waals surface area contributed by atoms with Crippen LogP contribution in [0.15, 0.2) is 53.7 Å². The molecule has 0 amide bonds. The Bertz CT molecular complexity index is 726. The van der Waals surface area contributed by atoms with Crippen LogP contribution in [0.3, 0.4) is 0 Å². The average Bonchev–Trinajstić information content (AvgIpc) is 2.51. The number of rotatable bonds is 3. The second kappa shape index (κ2) is 6.65. The number of carbonyl (C=O) groups is 1.